The molecule has 20 heavy (non-hydrogen) atoms. The molecule has 1 heterocycles. The Balaban J connectivity index is 2.12. The van der Waals surface area contributed by atoms with Crippen LogP contribution in [0.3, 0.4) is 0 Å². The summed E-state index contributed by atoms with van der Waals surface area (Å²) in [6.07, 6.45) is 4.39. The first-order valence-corrected chi connectivity index (χ1v) is 7.31. The number of likely N-dealkylation sites (tertiary alicyclic amines) is 1. The Labute approximate surface area is 118 Å². The maximum absolute atomic E-state index is 12.6. The molecule has 1 saturated heterocycles. The largest absolute Gasteiger partial charge is 0.481 e. The molecule has 2 fully saturated rings. The van der Waals surface area contributed by atoms with Crippen LogP contribution in [0.15, 0.2) is 0 Å². The maximum atomic E-state index is 12.6. The first kappa shape index (κ1) is 14.8. The van der Waals surface area contributed by atoms with E-state index in [1.165, 1.54) is 0 Å². The molecule has 0 radical (unpaired) electrons. The van der Waals surface area contributed by atoms with Gasteiger partial charge >= 0.3 is 5.97 Å². The average Bonchev–Trinajstić information content (AvgIpc) is 2.95. The molecule has 2 rings (SSSR count). The molecule has 2 N–H and O–H groups in total. The second-order valence-electron chi connectivity index (χ2n) is 5.64. The summed E-state index contributed by atoms with van der Waals surface area (Å²) in [4.78, 5) is 37.3. The lowest BCUT2D eigenvalue weighted by Gasteiger charge is -2.33. The van der Waals surface area contributed by atoms with Crippen molar-refractivity contribution in [3.8, 4) is 0 Å². The number of hydrogen-bond acceptors (Lipinski definition) is 3. The van der Waals surface area contributed by atoms with E-state index in [0.29, 0.717) is 25.8 Å². The van der Waals surface area contributed by atoms with Crippen LogP contribution in [-0.2, 0) is 14.4 Å². The minimum absolute atomic E-state index is 0.150. The highest BCUT2D eigenvalue weighted by atomic mass is 16.4. The highest BCUT2D eigenvalue weighted by Crippen LogP contribution is 2.33. The average molecular weight is 282 g/mol. The molecule has 6 nitrogen and oxygen atoms in total. The van der Waals surface area contributed by atoms with Crippen LogP contribution in [-0.4, -0.2) is 47.4 Å². The number of likely N-dealkylation sites (N-methyl/N-ethyl adjacent to an activating group) is 1. The molecule has 1 saturated carbocycles. The Kier molecular flexibility index (Phi) is 4.62. The highest BCUT2D eigenvalue weighted by molar-refractivity contribution is 5.91. The van der Waals surface area contributed by atoms with Gasteiger partial charge in [-0.2, -0.15) is 0 Å². The fourth-order valence-corrected chi connectivity index (χ4v) is 3.40. The summed E-state index contributed by atoms with van der Waals surface area (Å²) >= 11 is 0. The molecule has 0 aromatic carbocycles. The molecule has 0 aromatic heterocycles. The maximum Gasteiger partial charge on any atom is 0.307 e. The van der Waals surface area contributed by atoms with Crippen molar-refractivity contribution >= 4 is 17.8 Å². The van der Waals surface area contributed by atoms with Gasteiger partial charge in [-0.1, -0.05) is 12.8 Å². The summed E-state index contributed by atoms with van der Waals surface area (Å²) in [5.74, 6) is -2.26. The fraction of sp³-hybridized carbons (Fsp3) is 0.786. The minimum Gasteiger partial charge on any atom is -0.481 e. The molecule has 0 bridgehead atoms. The van der Waals surface area contributed by atoms with Gasteiger partial charge in [0.05, 0.1) is 11.8 Å². The SMILES string of the molecule is CNC(=O)C1CCCN1C(=O)[C@@H]1CCCC[C@@H]1C(=O)O. The molecule has 1 aliphatic heterocycles. The minimum atomic E-state index is -0.890. The normalized spacial score (nSPS) is 30.1. The smallest absolute Gasteiger partial charge is 0.307 e. The molecular weight excluding hydrogens is 260 g/mol. The van der Waals surface area contributed by atoms with Crippen LogP contribution >= 0.6 is 0 Å². The van der Waals surface area contributed by atoms with E-state index in [9.17, 15) is 19.5 Å². The lowest BCUT2D eigenvalue weighted by molar-refractivity contribution is -0.153. The molecule has 2 aliphatic rings. The number of nitrogens with one attached hydrogen (secondary N) is 1. The molecule has 0 aromatic rings. The van der Waals surface area contributed by atoms with Crippen LogP contribution in [0.2, 0.25) is 0 Å². The molecule has 6 heteroatoms. The van der Waals surface area contributed by atoms with Crippen LogP contribution in [0.5, 0.6) is 0 Å². The molecule has 112 valence electrons. The van der Waals surface area contributed by atoms with Crippen LogP contribution in [0, 0.1) is 11.8 Å². The van der Waals surface area contributed by atoms with Gasteiger partial charge in [0.1, 0.15) is 6.04 Å². The van der Waals surface area contributed by atoms with Crippen molar-refractivity contribution in [1.82, 2.24) is 10.2 Å². The van der Waals surface area contributed by atoms with Crippen molar-refractivity contribution in [2.45, 2.75) is 44.6 Å². The third kappa shape index (κ3) is 2.78. The van der Waals surface area contributed by atoms with Gasteiger partial charge in [0.25, 0.3) is 0 Å². The third-order valence-electron chi connectivity index (χ3n) is 4.49. The Bertz CT molecular complexity index is 410. The molecular formula is C14H22N2O4. The van der Waals surface area contributed by atoms with E-state index in [1.807, 2.05) is 0 Å². The molecule has 1 unspecified atom stereocenters. The van der Waals surface area contributed by atoms with Gasteiger partial charge in [-0.3, -0.25) is 14.4 Å². The van der Waals surface area contributed by atoms with Crippen molar-refractivity contribution in [3.63, 3.8) is 0 Å². The number of carbonyl (C=O) groups excluding carboxylic acids is 2. The van der Waals surface area contributed by atoms with Gasteiger partial charge in [0.15, 0.2) is 0 Å². The van der Waals surface area contributed by atoms with Gasteiger partial charge in [-0.15, -0.1) is 0 Å². The highest BCUT2D eigenvalue weighted by Gasteiger charge is 2.42. The summed E-state index contributed by atoms with van der Waals surface area (Å²) in [5.41, 5.74) is 0. The predicted molar refractivity (Wildman–Crippen MR) is 71.9 cm³/mol. The van der Waals surface area contributed by atoms with E-state index in [0.717, 1.165) is 19.3 Å². The number of carboxylic acid groups (broad SMARTS) is 1. The number of rotatable bonds is 3. The zero-order valence-corrected chi connectivity index (χ0v) is 11.8. The van der Waals surface area contributed by atoms with Gasteiger partial charge < -0.3 is 15.3 Å². The topological polar surface area (TPSA) is 86.7 Å². The Morgan fingerprint density at radius 2 is 1.70 bits per heavy atom. The first-order valence-electron chi connectivity index (χ1n) is 7.31. The van der Waals surface area contributed by atoms with Gasteiger partial charge in [-0.05, 0) is 25.7 Å². The van der Waals surface area contributed by atoms with E-state index >= 15 is 0 Å². The predicted octanol–water partition coefficient (Wildman–Crippen LogP) is 0.614. The number of carbonyl (C=O) groups is 3. The monoisotopic (exact) mass is 282 g/mol. The Morgan fingerprint density at radius 3 is 2.30 bits per heavy atom. The Morgan fingerprint density at radius 1 is 1.05 bits per heavy atom. The molecule has 0 spiro atoms. The lowest BCUT2D eigenvalue weighted by Crippen LogP contribution is -2.49. The van der Waals surface area contributed by atoms with Gasteiger partial charge in [-0.25, -0.2) is 0 Å². The summed E-state index contributed by atoms with van der Waals surface area (Å²) in [6, 6.07) is -0.427. The molecule has 2 amide bonds. The van der Waals surface area contributed by atoms with E-state index < -0.39 is 23.8 Å². The zero-order valence-electron chi connectivity index (χ0n) is 11.8. The Hall–Kier alpha value is -1.59. The lowest BCUT2D eigenvalue weighted by atomic mass is 9.78. The summed E-state index contributed by atoms with van der Waals surface area (Å²) < 4.78 is 0. The standard InChI is InChI=1S/C14H22N2O4/c1-15-12(17)11-7-4-8-16(11)13(18)9-5-2-3-6-10(9)14(19)20/h9-11H,2-8H2,1H3,(H,15,17)(H,19,20)/t9-,10+,11?/m1/s1. The van der Waals surface area contributed by atoms with Gasteiger partial charge in [0, 0.05) is 13.6 Å². The number of aliphatic carboxylic acids is 1. The van der Waals surface area contributed by atoms with E-state index in [4.69, 9.17) is 0 Å². The van der Waals surface area contributed by atoms with E-state index in [2.05, 4.69) is 5.32 Å². The van der Waals surface area contributed by atoms with Crippen molar-refractivity contribution in [2.24, 2.45) is 11.8 Å². The second-order valence-corrected chi connectivity index (χ2v) is 5.64. The van der Waals surface area contributed by atoms with Crippen LogP contribution in [0.4, 0.5) is 0 Å². The van der Waals surface area contributed by atoms with Crippen molar-refractivity contribution in [1.29, 1.82) is 0 Å². The van der Waals surface area contributed by atoms with Crippen LogP contribution < -0.4 is 5.32 Å². The van der Waals surface area contributed by atoms with Crippen LogP contribution in [0.25, 0.3) is 0 Å². The number of hydrogen-bond donors (Lipinski definition) is 2. The van der Waals surface area contributed by atoms with Gasteiger partial charge in [0.2, 0.25) is 11.8 Å². The van der Waals surface area contributed by atoms with E-state index in [-0.39, 0.29) is 11.8 Å². The quantitative estimate of drug-likeness (QED) is 0.794. The number of amides is 2. The van der Waals surface area contributed by atoms with Crippen LogP contribution in [0.1, 0.15) is 38.5 Å². The third-order valence-corrected chi connectivity index (χ3v) is 4.49. The zero-order chi connectivity index (χ0) is 14.7. The fourth-order valence-electron chi connectivity index (χ4n) is 3.40. The summed E-state index contributed by atoms with van der Waals surface area (Å²) in [7, 11) is 1.56. The van der Waals surface area contributed by atoms with Crippen molar-refractivity contribution in [3.05, 3.63) is 0 Å². The first-order chi connectivity index (χ1) is 9.56. The number of nitrogens with zero attached hydrogens (tertiary/aromatic N) is 1. The molecule has 3 atom stereocenters. The molecule has 1 aliphatic carbocycles. The second kappa shape index (κ2) is 6.24. The van der Waals surface area contributed by atoms with Crippen molar-refractivity contribution in [2.75, 3.05) is 13.6 Å². The van der Waals surface area contributed by atoms with E-state index in [1.54, 1.807) is 11.9 Å². The van der Waals surface area contributed by atoms with Crippen molar-refractivity contribution < 1.29 is 19.5 Å². The summed E-state index contributed by atoms with van der Waals surface area (Å²) in [5, 5.41) is 11.9. The number of carboxylic acids is 1. The summed E-state index contributed by atoms with van der Waals surface area (Å²) in [6.45, 7) is 0.555.